The summed E-state index contributed by atoms with van der Waals surface area (Å²) in [6.45, 7) is 9.21. The number of carbonyl (C=O) groups is 5. The molecule has 39 heavy (non-hydrogen) atoms. The lowest BCUT2D eigenvalue weighted by molar-refractivity contribution is -0.140. The Balaban J connectivity index is 0.000000893. The summed E-state index contributed by atoms with van der Waals surface area (Å²) < 4.78 is 18.3. The first-order chi connectivity index (χ1) is 18.1. The number of likely N-dealkylation sites (N-methyl/N-ethyl adjacent to an activating group) is 1. The predicted molar refractivity (Wildman–Crippen MR) is 143 cm³/mol. The normalized spacial score (nSPS) is 16.8. The molecule has 0 aliphatic carbocycles. The predicted octanol–water partition coefficient (Wildman–Crippen LogP) is 2.31. The number of halogens is 1. The van der Waals surface area contributed by atoms with E-state index >= 15 is 0 Å². The number of alkyl carbamates (subject to hydrolysis) is 1. The highest BCUT2D eigenvalue weighted by Gasteiger charge is 2.38. The molecule has 0 radical (unpaired) electrons. The zero-order valence-electron chi connectivity index (χ0n) is 22.6. The molecule has 1 aromatic carbocycles. The molecule has 218 valence electrons. The first-order valence-corrected chi connectivity index (χ1v) is 12.4. The highest BCUT2D eigenvalue weighted by molar-refractivity contribution is 5.92. The molecule has 2 heterocycles. The van der Waals surface area contributed by atoms with Gasteiger partial charge < -0.3 is 30.7 Å². The van der Waals surface area contributed by atoms with E-state index in [0.29, 0.717) is 31.5 Å². The molecule has 5 amide bonds. The maximum atomic E-state index is 13.1. The lowest BCUT2D eigenvalue weighted by atomic mass is 10.1. The number of fused-ring (bicyclic) bond motifs is 1. The van der Waals surface area contributed by atoms with Crippen molar-refractivity contribution >= 4 is 29.9 Å². The molecule has 4 N–H and O–H groups in total. The highest BCUT2D eigenvalue weighted by Crippen LogP contribution is 2.24. The van der Waals surface area contributed by atoms with E-state index in [1.54, 1.807) is 32.9 Å². The molecule has 2 aliphatic rings. The fourth-order valence-electron chi connectivity index (χ4n) is 4.20. The first kappa shape index (κ1) is 31.1. The number of ether oxygens (including phenoxy) is 1. The molecule has 2 atom stereocenters. The standard InChI is InChI=1S/C17H28N4O5.C9H8FNO2.2H2/c1-6-13(22)20(5)10-11(19-16(25)26-17(2,3)4)15(24)21-9-7-8-12(21)14(18)23;10-8-3-1-2-6-4-11(9(12)13)5-7(6)8;;/h6,11-12H,1,7-10H2,2-5H3,(H2,18,23)(H,19,25);1-3H,4-5H2,(H,12,13);2*1H/t11-,12?;;;/m0.../s1. The smallest absolute Gasteiger partial charge is 0.408 e. The Morgan fingerprint density at radius 2 is 1.97 bits per heavy atom. The molecule has 12 nitrogen and oxygen atoms in total. The summed E-state index contributed by atoms with van der Waals surface area (Å²) in [7, 11) is 1.48. The van der Waals surface area contributed by atoms with Gasteiger partial charge in [0.05, 0.1) is 13.1 Å². The van der Waals surface area contributed by atoms with Gasteiger partial charge in [-0.15, -0.1) is 0 Å². The zero-order valence-corrected chi connectivity index (χ0v) is 22.6. The van der Waals surface area contributed by atoms with E-state index in [1.165, 1.54) is 27.8 Å². The molecule has 0 spiro atoms. The highest BCUT2D eigenvalue weighted by atomic mass is 19.1. The molecule has 13 heteroatoms. The number of likely N-dealkylation sites (tertiary alicyclic amines) is 1. The second-order valence-electron chi connectivity index (χ2n) is 10.2. The van der Waals surface area contributed by atoms with Crippen LogP contribution in [0.5, 0.6) is 0 Å². The van der Waals surface area contributed by atoms with Crippen molar-refractivity contribution in [1.29, 1.82) is 0 Å². The Kier molecular flexibility index (Phi) is 10.4. The number of hydrogen-bond acceptors (Lipinski definition) is 6. The number of amides is 5. The Morgan fingerprint density at radius 1 is 1.31 bits per heavy atom. The quantitative estimate of drug-likeness (QED) is 0.455. The van der Waals surface area contributed by atoms with E-state index in [1.807, 2.05) is 0 Å². The van der Waals surface area contributed by atoms with Gasteiger partial charge in [0.2, 0.25) is 17.7 Å². The van der Waals surface area contributed by atoms with Crippen LogP contribution >= 0.6 is 0 Å². The minimum atomic E-state index is -1.07. The van der Waals surface area contributed by atoms with Gasteiger partial charge in [-0.1, -0.05) is 18.7 Å². The summed E-state index contributed by atoms with van der Waals surface area (Å²) in [4.78, 5) is 62.7. The summed E-state index contributed by atoms with van der Waals surface area (Å²) in [5.74, 6) is -1.80. The monoisotopic (exact) mass is 553 g/mol. The van der Waals surface area contributed by atoms with E-state index in [-0.39, 0.29) is 21.8 Å². The van der Waals surface area contributed by atoms with Crippen LogP contribution in [-0.4, -0.2) is 87.5 Å². The third kappa shape index (κ3) is 8.69. The Bertz CT molecular complexity index is 1130. The maximum Gasteiger partial charge on any atom is 0.408 e. The van der Waals surface area contributed by atoms with Crippen molar-refractivity contribution in [1.82, 2.24) is 20.0 Å². The summed E-state index contributed by atoms with van der Waals surface area (Å²) in [6.07, 6.45) is 0.430. The Hall–Kier alpha value is -4.16. The number of carboxylic acid groups (broad SMARTS) is 1. The fraction of sp³-hybridized carbons (Fsp3) is 0.500. The van der Waals surface area contributed by atoms with Crippen molar-refractivity contribution in [3.05, 3.63) is 47.8 Å². The molecule has 3 rings (SSSR count). The van der Waals surface area contributed by atoms with Crippen LogP contribution in [-0.2, 0) is 32.2 Å². The summed E-state index contributed by atoms with van der Waals surface area (Å²) >= 11 is 0. The van der Waals surface area contributed by atoms with Crippen molar-refractivity contribution in [2.24, 2.45) is 5.73 Å². The van der Waals surface area contributed by atoms with Crippen LogP contribution in [0.3, 0.4) is 0 Å². The Labute approximate surface area is 229 Å². The number of nitrogens with one attached hydrogen (secondary N) is 1. The minimum Gasteiger partial charge on any atom is -0.465 e. The zero-order chi connectivity index (χ0) is 29.5. The largest absolute Gasteiger partial charge is 0.465 e. The van der Waals surface area contributed by atoms with E-state index < -0.39 is 47.6 Å². The molecule has 1 unspecified atom stereocenters. The van der Waals surface area contributed by atoms with E-state index in [4.69, 9.17) is 15.6 Å². The maximum absolute atomic E-state index is 13.1. The van der Waals surface area contributed by atoms with Gasteiger partial charge in [-0.3, -0.25) is 19.3 Å². The van der Waals surface area contributed by atoms with E-state index in [9.17, 15) is 28.4 Å². The van der Waals surface area contributed by atoms with Crippen LogP contribution in [0.4, 0.5) is 14.0 Å². The van der Waals surface area contributed by atoms with Gasteiger partial charge in [0, 0.05) is 28.6 Å². The van der Waals surface area contributed by atoms with E-state index in [2.05, 4.69) is 11.9 Å². The second-order valence-corrected chi connectivity index (χ2v) is 10.2. The van der Waals surface area contributed by atoms with Gasteiger partial charge in [0.1, 0.15) is 23.5 Å². The van der Waals surface area contributed by atoms with Gasteiger partial charge in [-0.25, -0.2) is 14.0 Å². The molecular weight excluding hydrogens is 513 g/mol. The van der Waals surface area contributed by atoms with Crippen LogP contribution < -0.4 is 11.1 Å². The van der Waals surface area contributed by atoms with Gasteiger partial charge in [-0.05, 0) is 51.3 Å². The summed E-state index contributed by atoms with van der Waals surface area (Å²) in [5.41, 5.74) is 5.88. The molecule has 0 aromatic heterocycles. The topological polar surface area (TPSA) is 163 Å². The lowest BCUT2D eigenvalue weighted by Crippen LogP contribution is -2.57. The fourth-order valence-corrected chi connectivity index (χ4v) is 4.20. The van der Waals surface area contributed by atoms with Gasteiger partial charge in [0.25, 0.3) is 0 Å². The number of nitrogens with zero attached hydrogens (tertiary/aromatic N) is 3. The van der Waals surface area contributed by atoms with Crippen LogP contribution in [0, 0.1) is 5.82 Å². The second kappa shape index (κ2) is 13.1. The molecule has 1 fully saturated rings. The first-order valence-electron chi connectivity index (χ1n) is 12.4. The molecule has 0 bridgehead atoms. The van der Waals surface area contributed by atoms with Crippen molar-refractivity contribution in [2.45, 2.75) is 64.4 Å². The van der Waals surface area contributed by atoms with Gasteiger partial charge in [-0.2, -0.15) is 0 Å². The van der Waals surface area contributed by atoms with Crippen molar-refractivity contribution in [3.63, 3.8) is 0 Å². The summed E-state index contributed by atoms with van der Waals surface area (Å²) in [5, 5.41) is 11.2. The third-order valence-electron chi connectivity index (χ3n) is 6.06. The van der Waals surface area contributed by atoms with Crippen molar-refractivity contribution in [3.8, 4) is 0 Å². The van der Waals surface area contributed by atoms with Gasteiger partial charge >= 0.3 is 12.2 Å². The van der Waals surface area contributed by atoms with Crippen LogP contribution in [0.2, 0.25) is 0 Å². The SMILES string of the molecule is C=CC(=O)N(C)C[C@H](NC(=O)OC(C)(C)C)C(=O)N1CCCC1C(N)=O.O=C(O)N1Cc2cccc(F)c2C1.[HH].[HH]. The summed E-state index contributed by atoms with van der Waals surface area (Å²) in [6, 6.07) is 2.91. The Morgan fingerprint density at radius 3 is 2.51 bits per heavy atom. The van der Waals surface area contributed by atoms with E-state index in [0.717, 1.165) is 11.6 Å². The number of rotatable bonds is 6. The molecular formula is C26H40FN5O7. The number of primary amides is 1. The number of hydrogen-bond donors (Lipinski definition) is 3. The minimum absolute atomic E-state index is 0. The number of benzene rings is 1. The average molecular weight is 554 g/mol. The van der Waals surface area contributed by atoms with Crippen LogP contribution in [0.1, 0.15) is 47.6 Å². The molecule has 1 saturated heterocycles. The number of carbonyl (C=O) groups excluding carboxylic acids is 4. The third-order valence-corrected chi connectivity index (χ3v) is 6.06. The molecule has 2 aliphatic heterocycles. The molecule has 1 aromatic rings. The van der Waals surface area contributed by atoms with Crippen molar-refractivity contribution in [2.75, 3.05) is 20.1 Å². The molecule has 0 saturated carbocycles. The number of nitrogens with two attached hydrogens (primary N) is 1. The van der Waals surface area contributed by atoms with Gasteiger partial charge in [0.15, 0.2) is 0 Å². The average Bonchev–Trinajstić information content (AvgIpc) is 3.50. The lowest BCUT2D eigenvalue weighted by Gasteiger charge is -2.30. The van der Waals surface area contributed by atoms with Crippen LogP contribution in [0.15, 0.2) is 30.9 Å². The van der Waals surface area contributed by atoms with Crippen LogP contribution in [0.25, 0.3) is 0 Å². The van der Waals surface area contributed by atoms with Crippen molar-refractivity contribution < 1.29 is 41.1 Å².